The van der Waals surface area contributed by atoms with E-state index in [1.165, 1.54) is 0 Å². The highest BCUT2D eigenvalue weighted by molar-refractivity contribution is 8.00. The standard InChI is InChI=1S/C33H44N4O4S/c1-32(2,3)25-15-24(16-26(30(25)39)33(4,5)6)31-37(29(38)20-42-31)12-8-11-35(7)13-14-36-21-34-18-27(36)22-9-10-23-19-40-41-28(23)17-22/h9-10,15-18,21,31,39H,8,11-14,19-20H2,1-7H3. The van der Waals surface area contributed by atoms with Crippen molar-refractivity contribution in [1.29, 1.82) is 0 Å². The van der Waals surface area contributed by atoms with Gasteiger partial charge in [-0.2, -0.15) is 4.89 Å². The normalized spacial score (nSPS) is 17.3. The number of nitrogens with zero attached hydrogens (tertiary/aromatic N) is 4. The lowest BCUT2D eigenvalue weighted by Crippen LogP contribution is -2.32. The molecule has 1 amide bonds. The minimum Gasteiger partial charge on any atom is -0.507 e. The molecule has 1 unspecified atom stereocenters. The number of phenols is 1. The van der Waals surface area contributed by atoms with E-state index in [1.807, 2.05) is 29.6 Å². The van der Waals surface area contributed by atoms with E-state index in [0.717, 1.165) is 65.3 Å². The van der Waals surface area contributed by atoms with Gasteiger partial charge in [0.1, 0.15) is 17.7 Å². The second-order valence-electron chi connectivity index (χ2n) is 13.5. The predicted molar refractivity (Wildman–Crippen MR) is 168 cm³/mol. The molecule has 5 rings (SSSR count). The van der Waals surface area contributed by atoms with Crippen LogP contribution >= 0.6 is 11.8 Å². The number of rotatable bonds is 9. The molecule has 2 aliphatic rings. The molecule has 3 aromatic rings. The molecule has 1 atom stereocenters. The van der Waals surface area contributed by atoms with Crippen molar-refractivity contribution >= 4 is 17.7 Å². The van der Waals surface area contributed by atoms with Crippen LogP contribution in [0.4, 0.5) is 0 Å². The molecule has 42 heavy (non-hydrogen) atoms. The summed E-state index contributed by atoms with van der Waals surface area (Å²) in [5.41, 5.74) is 5.70. The summed E-state index contributed by atoms with van der Waals surface area (Å²) in [6.45, 7) is 16.5. The van der Waals surface area contributed by atoms with Crippen LogP contribution in [0.5, 0.6) is 11.5 Å². The first-order valence-corrected chi connectivity index (χ1v) is 15.8. The predicted octanol–water partition coefficient (Wildman–Crippen LogP) is 6.27. The molecule has 1 aromatic heterocycles. The first-order chi connectivity index (χ1) is 19.8. The Bertz CT molecular complexity index is 1400. The number of carbonyl (C=O) groups excluding carboxylic acids is 1. The summed E-state index contributed by atoms with van der Waals surface area (Å²) in [4.78, 5) is 32.1. The minimum absolute atomic E-state index is 0.0409. The van der Waals surface area contributed by atoms with E-state index in [9.17, 15) is 9.90 Å². The summed E-state index contributed by atoms with van der Waals surface area (Å²) in [5, 5.41) is 11.1. The lowest BCUT2D eigenvalue weighted by molar-refractivity contribution is -0.194. The Morgan fingerprint density at radius 2 is 1.76 bits per heavy atom. The van der Waals surface area contributed by atoms with Crippen molar-refractivity contribution < 1.29 is 19.7 Å². The Hall–Kier alpha value is -3.01. The molecule has 1 fully saturated rings. The fraction of sp³-hybridized carbons (Fsp3) is 0.515. The lowest BCUT2D eigenvalue weighted by Gasteiger charge is -2.31. The summed E-state index contributed by atoms with van der Waals surface area (Å²) in [5.74, 6) is 1.81. The summed E-state index contributed by atoms with van der Waals surface area (Å²) in [6, 6.07) is 10.4. The van der Waals surface area contributed by atoms with Crippen molar-refractivity contribution in [3.8, 4) is 22.8 Å². The van der Waals surface area contributed by atoms with Gasteiger partial charge in [0.05, 0.1) is 24.0 Å². The van der Waals surface area contributed by atoms with Gasteiger partial charge < -0.3 is 24.4 Å². The molecular weight excluding hydrogens is 548 g/mol. The van der Waals surface area contributed by atoms with Crippen LogP contribution in [-0.4, -0.2) is 62.8 Å². The zero-order valence-corrected chi connectivity index (χ0v) is 26.8. The number of imidazole rings is 1. The number of hydrogen-bond acceptors (Lipinski definition) is 7. The number of likely N-dealkylation sites (N-methyl/N-ethyl adjacent to an activating group) is 1. The smallest absolute Gasteiger partial charge is 0.233 e. The molecule has 0 aliphatic carbocycles. The van der Waals surface area contributed by atoms with Crippen molar-refractivity contribution in [2.75, 3.05) is 32.4 Å². The van der Waals surface area contributed by atoms with E-state index in [0.29, 0.717) is 24.7 Å². The molecule has 1 saturated heterocycles. The highest BCUT2D eigenvalue weighted by atomic mass is 32.2. The molecule has 226 valence electrons. The van der Waals surface area contributed by atoms with Crippen molar-refractivity contribution in [2.45, 2.75) is 77.3 Å². The highest BCUT2D eigenvalue weighted by Gasteiger charge is 2.35. The van der Waals surface area contributed by atoms with Crippen molar-refractivity contribution in [3.05, 3.63) is 65.1 Å². The number of fused-ring (bicyclic) bond motifs is 1. The van der Waals surface area contributed by atoms with E-state index < -0.39 is 0 Å². The van der Waals surface area contributed by atoms with Gasteiger partial charge in [-0.3, -0.25) is 4.79 Å². The van der Waals surface area contributed by atoms with E-state index in [-0.39, 0.29) is 22.1 Å². The van der Waals surface area contributed by atoms with Crippen LogP contribution in [0.1, 0.15) is 75.6 Å². The molecular formula is C33H44N4O4S. The Morgan fingerprint density at radius 1 is 1.05 bits per heavy atom. The molecule has 2 aliphatic heterocycles. The van der Waals surface area contributed by atoms with Crippen LogP contribution in [0.15, 0.2) is 42.9 Å². The second kappa shape index (κ2) is 11.9. The summed E-state index contributed by atoms with van der Waals surface area (Å²) in [7, 11) is 2.13. The Balaban J connectivity index is 1.21. The molecule has 1 N–H and O–H groups in total. The zero-order valence-electron chi connectivity index (χ0n) is 25.9. The SMILES string of the molecule is CN(CCCN1C(=O)CSC1c1cc(C(C)(C)C)c(O)c(C(C)(C)C)c1)CCn1cncc1-c1ccc2c(c1)OOC2. The van der Waals surface area contributed by atoms with Gasteiger partial charge in [0.15, 0.2) is 5.75 Å². The second-order valence-corrected chi connectivity index (χ2v) is 14.6. The van der Waals surface area contributed by atoms with Crippen molar-refractivity contribution in [1.82, 2.24) is 19.4 Å². The van der Waals surface area contributed by atoms with Crippen LogP contribution < -0.4 is 4.89 Å². The lowest BCUT2D eigenvalue weighted by atomic mass is 9.78. The first kappa shape index (κ1) is 30.4. The molecule has 0 saturated carbocycles. The third kappa shape index (κ3) is 6.48. The highest BCUT2D eigenvalue weighted by Crippen LogP contribution is 2.45. The summed E-state index contributed by atoms with van der Waals surface area (Å²) < 4.78 is 2.16. The quantitative estimate of drug-likeness (QED) is 0.293. The number of carbonyl (C=O) groups is 1. The third-order valence-electron chi connectivity index (χ3n) is 8.10. The van der Waals surface area contributed by atoms with Crippen LogP contribution in [0, 0.1) is 0 Å². The van der Waals surface area contributed by atoms with Crippen LogP contribution in [0.25, 0.3) is 11.3 Å². The maximum absolute atomic E-state index is 13.0. The van der Waals surface area contributed by atoms with E-state index in [2.05, 4.69) is 81.2 Å². The van der Waals surface area contributed by atoms with Gasteiger partial charge in [0.2, 0.25) is 5.91 Å². The maximum atomic E-state index is 13.0. The molecule has 3 heterocycles. The number of aromatic hydroxyl groups is 1. The maximum Gasteiger partial charge on any atom is 0.233 e. The monoisotopic (exact) mass is 592 g/mol. The summed E-state index contributed by atoms with van der Waals surface area (Å²) in [6.07, 6.45) is 4.64. The van der Waals surface area contributed by atoms with Gasteiger partial charge in [-0.25, -0.2) is 4.98 Å². The number of thioether (sulfide) groups is 1. The average molecular weight is 593 g/mol. The molecule has 2 aromatic carbocycles. The topological polar surface area (TPSA) is 80.1 Å². The van der Waals surface area contributed by atoms with E-state index in [1.54, 1.807) is 11.8 Å². The summed E-state index contributed by atoms with van der Waals surface area (Å²) >= 11 is 1.68. The van der Waals surface area contributed by atoms with Gasteiger partial charge in [0, 0.05) is 30.8 Å². The van der Waals surface area contributed by atoms with Crippen molar-refractivity contribution in [3.63, 3.8) is 0 Å². The number of benzene rings is 2. The number of aromatic nitrogens is 2. The Labute approximate surface area is 253 Å². The van der Waals surface area contributed by atoms with Crippen molar-refractivity contribution in [2.24, 2.45) is 0 Å². The van der Waals surface area contributed by atoms with Crippen LogP contribution in [-0.2, 0) is 33.7 Å². The Kier molecular flexibility index (Phi) is 8.65. The first-order valence-electron chi connectivity index (χ1n) is 14.7. The van der Waals surface area contributed by atoms with Gasteiger partial charge in [-0.05, 0) is 65.7 Å². The number of phenolic OH excluding ortho intramolecular Hbond substituents is 1. The van der Waals surface area contributed by atoms with Gasteiger partial charge in [0.25, 0.3) is 0 Å². The Morgan fingerprint density at radius 3 is 2.45 bits per heavy atom. The third-order valence-corrected chi connectivity index (χ3v) is 9.36. The number of amides is 1. The largest absolute Gasteiger partial charge is 0.507 e. The zero-order chi connectivity index (χ0) is 30.2. The van der Waals surface area contributed by atoms with Gasteiger partial charge in [-0.1, -0.05) is 53.7 Å². The molecule has 0 spiro atoms. The van der Waals surface area contributed by atoms with Gasteiger partial charge >= 0.3 is 0 Å². The minimum atomic E-state index is -0.210. The number of hydrogen-bond donors (Lipinski definition) is 1. The van der Waals surface area contributed by atoms with E-state index in [4.69, 9.17) is 9.78 Å². The fourth-order valence-corrected chi connectivity index (χ4v) is 6.82. The fourth-order valence-electron chi connectivity index (χ4n) is 5.62. The van der Waals surface area contributed by atoms with Crippen LogP contribution in [0.2, 0.25) is 0 Å². The average Bonchev–Trinajstić information content (AvgIpc) is 3.66. The molecule has 0 radical (unpaired) electrons. The van der Waals surface area contributed by atoms with Gasteiger partial charge in [-0.15, -0.1) is 11.8 Å². The molecule has 8 nitrogen and oxygen atoms in total. The molecule has 9 heteroatoms. The van der Waals surface area contributed by atoms with E-state index >= 15 is 0 Å². The van der Waals surface area contributed by atoms with Crippen LogP contribution in [0.3, 0.4) is 0 Å². The molecule has 0 bridgehead atoms.